The second-order valence-electron chi connectivity index (χ2n) is 4.57. The van der Waals surface area contributed by atoms with Crippen LogP contribution in [0.5, 0.6) is 0 Å². The summed E-state index contributed by atoms with van der Waals surface area (Å²) in [4.78, 5) is 3.78. The molecule has 2 rings (SSSR count). The van der Waals surface area contributed by atoms with Gasteiger partial charge >= 0.3 is 0 Å². The van der Waals surface area contributed by atoms with Gasteiger partial charge in [-0.25, -0.2) is 18.1 Å². The van der Waals surface area contributed by atoms with E-state index in [1.54, 1.807) is 11.6 Å². The number of nitrogens with one attached hydrogen (secondary N) is 1. The number of nitrogens with zero attached hydrogens (tertiary/aromatic N) is 2. The molecule has 0 aliphatic heterocycles. The molecule has 0 amide bonds. The summed E-state index contributed by atoms with van der Waals surface area (Å²) in [6.45, 7) is -0.0478. The van der Waals surface area contributed by atoms with Crippen LogP contribution in [0.15, 0.2) is 47.9 Å². The fourth-order valence-electron chi connectivity index (χ4n) is 1.77. The summed E-state index contributed by atoms with van der Waals surface area (Å²) in [6.07, 6.45) is 2.43. The van der Waals surface area contributed by atoms with E-state index in [9.17, 15) is 13.5 Å². The molecule has 0 radical (unpaired) electrons. The van der Waals surface area contributed by atoms with Crippen LogP contribution in [0, 0.1) is 0 Å². The van der Waals surface area contributed by atoms with Crippen LogP contribution in [-0.2, 0) is 23.5 Å². The lowest BCUT2D eigenvalue weighted by Gasteiger charge is -2.11. The Morgan fingerprint density at radius 1 is 1.35 bits per heavy atom. The minimum Gasteiger partial charge on any atom is -0.391 e. The second-order valence-corrected chi connectivity index (χ2v) is 6.29. The molecule has 2 N–H and O–H groups in total. The molecule has 1 unspecified atom stereocenters. The topological polar surface area (TPSA) is 84.2 Å². The van der Waals surface area contributed by atoms with Crippen LogP contribution in [0.25, 0.3) is 0 Å². The average Bonchev–Trinajstić information content (AvgIpc) is 2.85. The van der Waals surface area contributed by atoms with Gasteiger partial charge in [-0.1, -0.05) is 30.3 Å². The van der Waals surface area contributed by atoms with Crippen LogP contribution in [0.2, 0.25) is 0 Å². The molecule has 1 aromatic heterocycles. The lowest BCUT2D eigenvalue weighted by molar-refractivity contribution is 0.179. The molecule has 1 heterocycles. The molecular formula is C13H17N3O3S. The minimum absolute atomic E-state index is 0.0478. The average molecular weight is 295 g/mol. The SMILES string of the molecule is Cn1cnc(S(=O)(=O)NCC(O)Cc2ccccc2)c1. The molecule has 0 aliphatic carbocycles. The third-order valence-electron chi connectivity index (χ3n) is 2.78. The van der Waals surface area contributed by atoms with E-state index < -0.39 is 16.1 Å². The van der Waals surface area contributed by atoms with Gasteiger partial charge in [-0.3, -0.25) is 0 Å². The van der Waals surface area contributed by atoms with Gasteiger partial charge in [0.25, 0.3) is 10.0 Å². The maximum absolute atomic E-state index is 11.9. The van der Waals surface area contributed by atoms with E-state index in [0.717, 1.165) is 5.56 Å². The summed E-state index contributed by atoms with van der Waals surface area (Å²) in [5.41, 5.74) is 0.956. The zero-order valence-corrected chi connectivity index (χ0v) is 11.9. The summed E-state index contributed by atoms with van der Waals surface area (Å²) >= 11 is 0. The number of aryl methyl sites for hydroxylation is 1. The number of rotatable bonds is 6. The summed E-state index contributed by atoms with van der Waals surface area (Å²) in [7, 11) is -1.98. The van der Waals surface area contributed by atoms with Crippen LogP contribution in [0.4, 0.5) is 0 Å². The standard InChI is InChI=1S/C13H17N3O3S/c1-16-9-13(14-10-16)20(18,19)15-8-12(17)7-11-5-3-2-4-6-11/h2-6,9-10,12,15,17H,7-8H2,1H3. The van der Waals surface area contributed by atoms with Gasteiger partial charge in [0, 0.05) is 19.8 Å². The first-order valence-electron chi connectivity index (χ1n) is 6.17. The van der Waals surface area contributed by atoms with Gasteiger partial charge in [-0.2, -0.15) is 0 Å². The van der Waals surface area contributed by atoms with Gasteiger partial charge in [0.1, 0.15) is 0 Å². The van der Waals surface area contributed by atoms with Crippen LogP contribution in [0.3, 0.4) is 0 Å². The first-order chi connectivity index (χ1) is 9.47. The maximum Gasteiger partial charge on any atom is 0.259 e. The largest absolute Gasteiger partial charge is 0.391 e. The Labute approximate surface area is 118 Å². The highest BCUT2D eigenvalue weighted by atomic mass is 32.2. The van der Waals surface area contributed by atoms with Crippen molar-refractivity contribution in [1.29, 1.82) is 0 Å². The van der Waals surface area contributed by atoms with Crippen molar-refractivity contribution in [2.45, 2.75) is 17.6 Å². The number of aliphatic hydroxyl groups excluding tert-OH is 1. The normalized spacial score (nSPS) is 13.3. The Kier molecular flexibility index (Phi) is 4.53. The summed E-state index contributed by atoms with van der Waals surface area (Å²) in [6, 6.07) is 9.41. The van der Waals surface area contributed by atoms with Crippen molar-refractivity contribution < 1.29 is 13.5 Å². The van der Waals surface area contributed by atoms with E-state index in [1.165, 1.54) is 12.5 Å². The quantitative estimate of drug-likeness (QED) is 0.803. The molecule has 20 heavy (non-hydrogen) atoms. The number of aromatic nitrogens is 2. The highest BCUT2D eigenvalue weighted by Crippen LogP contribution is 2.06. The van der Waals surface area contributed by atoms with Crippen molar-refractivity contribution in [2.24, 2.45) is 7.05 Å². The molecule has 0 fully saturated rings. The van der Waals surface area contributed by atoms with E-state index in [0.29, 0.717) is 6.42 Å². The lowest BCUT2D eigenvalue weighted by Crippen LogP contribution is -2.33. The predicted octanol–water partition coefficient (Wildman–Crippen LogP) is 0.302. The Balaban J connectivity index is 1.91. The second kappa shape index (κ2) is 6.17. The molecule has 1 aromatic carbocycles. The predicted molar refractivity (Wildman–Crippen MR) is 74.5 cm³/mol. The van der Waals surface area contributed by atoms with Gasteiger partial charge < -0.3 is 9.67 Å². The molecule has 7 heteroatoms. The van der Waals surface area contributed by atoms with Gasteiger partial charge in [0.05, 0.1) is 12.4 Å². The smallest absolute Gasteiger partial charge is 0.259 e. The molecule has 2 aromatic rings. The van der Waals surface area contributed by atoms with Crippen LogP contribution in [0.1, 0.15) is 5.56 Å². The lowest BCUT2D eigenvalue weighted by atomic mass is 10.1. The molecule has 0 saturated carbocycles. The monoisotopic (exact) mass is 295 g/mol. The fourth-order valence-corrected chi connectivity index (χ4v) is 2.82. The van der Waals surface area contributed by atoms with Gasteiger partial charge in [-0.05, 0) is 12.0 Å². The van der Waals surface area contributed by atoms with E-state index in [4.69, 9.17) is 0 Å². The zero-order valence-electron chi connectivity index (χ0n) is 11.1. The van der Waals surface area contributed by atoms with E-state index in [1.807, 2.05) is 30.3 Å². The highest BCUT2D eigenvalue weighted by Gasteiger charge is 2.18. The van der Waals surface area contributed by atoms with Crippen molar-refractivity contribution in [3.05, 3.63) is 48.4 Å². The fraction of sp³-hybridized carbons (Fsp3) is 0.308. The highest BCUT2D eigenvalue weighted by molar-refractivity contribution is 7.89. The third kappa shape index (κ3) is 3.89. The number of aliphatic hydroxyl groups is 1. The molecule has 108 valence electrons. The van der Waals surface area contributed by atoms with Crippen molar-refractivity contribution in [2.75, 3.05) is 6.54 Å². The van der Waals surface area contributed by atoms with Crippen molar-refractivity contribution >= 4 is 10.0 Å². The number of benzene rings is 1. The number of hydrogen-bond acceptors (Lipinski definition) is 4. The Morgan fingerprint density at radius 2 is 2.05 bits per heavy atom. The first-order valence-corrected chi connectivity index (χ1v) is 7.65. The molecule has 0 bridgehead atoms. The van der Waals surface area contributed by atoms with Crippen molar-refractivity contribution in [1.82, 2.24) is 14.3 Å². The molecule has 0 saturated heterocycles. The summed E-state index contributed by atoms with van der Waals surface area (Å²) in [5, 5.41) is 9.82. The first kappa shape index (κ1) is 14.7. The van der Waals surface area contributed by atoms with Crippen molar-refractivity contribution in [3.8, 4) is 0 Å². The maximum atomic E-state index is 11.9. The third-order valence-corrected chi connectivity index (χ3v) is 4.09. The van der Waals surface area contributed by atoms with Gasteiger partial charge in [0.2, 0.25) is 0 Å². The molecule has 0 spiro atoms. The van der Waals surface area contributed by atoms with E-state index in [-0.39, 0.29) is 11.6 Å². The molecule has 6 nitrogen and oxygen atoms in total. The Hall–Kier alpha value is -1.70. The minimum atomic E-state index is -3.67. The van der Waals surface area contributed by atoms with Crippen LogP contribution >= 0.6 is 0 Å². The van der Waals surface area contributed by atoms with E-state index in [2.05, 4.69) is 9.71 Å². The number of imidazole rings is 1. The Morgan fingerprint density at radius 3 is 2.65 bits per heavy atom. The summed E-state index contributed by atoms with van der Waals surface area (Å²) < 4.78 is 27.7. The molecular weight excluding hydrogens is 278 g/mol. The number of sulfonamides is 1. The summed E-state index contributed by atoms with van der Waals surface area (Å²) in [5.74, 6) is 0. The number of hydrogen-bond donors (Lipinski definition) is 2. The van der Waals surface area contributed by atoms with Gasteiger partial charge in [0.15, 0.2) is 5.03 Å². The zero-order chi connectivity index (χ0) is 14.6. The molecule has 1 atom stereocenters. The van der Waals surface area contributed by atoms with E-state index >= 15 is 0 Å². The Bertz CT molecular complexity index is 653. The van der Waals surface area contributed by atoms with Gasteiger partial charge in [-0.15, -0.1) is 0 Å². The van der Waals surface area contributed by atoms with Crippen molar-refractivity contribution in [3.63, 3.8) is 0 Å². The van der Waals surface area contributed by atoms with Crippen LogP contribution < -0.4 is 4.72 Å². The molecule has 0 aliphatic rings. The van der Waals surface area contributed by atoms with Crippen LogP contribution in [-0.4, -0.2) is 35.7 Å².